The minimum absolute atomic E-state index is 0.0806. The largest absolute Gasteiger partial charge is 0.398 e. The van der Waals surface area contributed by atoms with Crippen LogP contribution in [0.1, 0.15) is 20.3 Å². The molecule has 0 fully saturated rings. The van der Waals surface area contributed by atoms with Crippen LogP contribution in [0.3, 0.4) is 0 Å². The number of rotatable bonds is 5. The normalized spacial score (nSPS) is 13.9. The van der Waals surface area contributed by atoms with Gasteiger partial charge in [0.25, 0.3) is 0 Å². The number of halogens is 1. The van der Waals surface area contributed by atoms with Crippen LogP contribution in [0, 0.1) is 0 Å². The zero-order valence-electron chi connectivity index (χ0n) is 10.4. The van der Waals surface area contributed by atoms with Gasteiger partial charge in [0.15, 0.2) is 0 Å². The molecule has 6 heteroatoms. The first-order valence-electron chi connectivity index (χ1n) is 5.66. The van der Waals surface area contributed by atoms with Crippen LogP contribution in [0.5, 0.6) is 0 Å². The average molecular weight is 289 g/mol. The van der Waals surface area contributed by atoms with Crippen molar-refractivity contribution >= 4 is 34.0 Å². The SMILES string of the molecule is CCC(C)NC(=O)CS(=O)c1ccc(Cl)cc1N. The molecule has 0 spiro atoms. The van der Waals surface area contributed by atoms with E-state index in [-0.39, 0.29) is 17.7 Å². The van der Waals surface area contributed by atoms with Gasteiger partial charge in [0.1, 0.15) is 5.75 Å². The number of nitrogens with one attached hydrogen (secondary N) is 1. The molecule has 0 aliphatic rings. The molecule has 0 bridgehead atoms. The number of benzene rings is 1. The molecule has 1 rings (SSSR count). The highest BCUT2D eigenvalue weighted by molar-refractivity contribution is 7.86. The van der Waals surface area contributed by atoms with Crippen molar-refractivity contribution < 1.29 is 9.00 Å². The molecule has 1 amide bonds. The number of carbonyl (C=O) groups is 1. The second-order valence-corrected chi connectivity index (χ2v) is 5.90. The fourth-order valence-electron chi connectivity index (χ4n) is 1.34. The van der Waals surface area contributed by atoms with Crippen LogP contribution in [-0.4, -0.2) is 21.9 Å². The van der Waals surface area contributed by atoms with E-state index in [4.69, 9.17) is 17.3 Å². The number of hydrogen-bond donors (Lipinski definition) is 2. The zero-order valence-corrected chi connectivity index (χ0v) is 12.0. The van der Waals surface area contributed by atoms with Crippen molar-refractivity contribution in [3.63, 3.8) is 0 Å². The minimum atomic E-state index is -1.45. The van der Waals surface area contributed by atoms with Gasteiger partial charge in [0.2, 0.25) is 5.91 Å². The van der Waals surface area contributed by atoms with Crippen molar-refractivity contribution in [1.82, 2.24) is 5.32 Å². The molecule has 1 aromatic rings. The van der Waals surface area contributed by atoms with Gasteiger partial charge in [-0.05, 0) is 31.5 Å². The highest BCUT2D eigenvalue weighted by atomic mass is 35.5. The summed E-state index contributed by atoms with van der Waals surface area (Å²) in [6.07, 6.45) is 0.835. The van der Waals surface area contributed by atoms with Gasteiger partial charge in [-0.3, -0.25) is 9.00 Å². The molecule has 18 heavy (non-hydrogen) atoms. The summed E-state index contributed by atoms with van der Waals surface area (Å²) in [5.74, 6) is -0.326. The molecule has 3 N–H and O–H groups in total. The molecule has 0 aromatic heterocycles. The fraction of sp³-hybridized carbons (Fsp3) is 0.417. The molecule has 1 aromatic carbocycles. The summed E-state index contributed by atoms with van der Waals surface area (Å²) >= 11 is 5.76. The molecule has 2 atom stereocenters. The first-order chi connectivity index (χ1) is 8.43. The summed E-state index contributed by atoms with van der Waals surface area (Å²) in [5.41, 5.74) is 6.06. The molecule has 0 heterocycles. The summed E-state index contributed by atoms with van der Waals surface area (Å²) in [6.45, 7) is 3.87. The first kappa shape index (κ1) is 15.0. The second kappa shape index (κ2) is 6.75. The van der Waals surface area contributed by atoms with Gasteiger partial charge in [0, 0.05) is 16.8 Å². The predicted octanol–water partition coefficient (Wildman–Crippen LogP) is 1.94. The first-order valence-corrected chi connectivity index (χ1v) is 7.36. The van der Waals surface area contributed by atoms with E-state index in [2.05, 4.69) is 5.32 Å². The summed E-state index contributed by atoms with van der Waals surface area (Å²) in [5, 5.41) is 3.25. The predicted molar refractivity (Wildman–Crippen MR) is 75.0 cm³/mol. The Bertz CT molecular complexity index is 465. The third kappa shape index (κ3) is 4.31. The molecule has 0 radical (unpaired) electrons. The van der Waals surface area contributed by atoms with Gasteiger partial charge in [0.05, 0.1) is 15.7 Å². The lowest BCUT2D eigenvalue weighted by Gasteiger charge is -2.11. The quantitative estimate of drug-likeness (QED) is 0.814. The van der Waals surface area contributed by atoms with Crippen molar-refractivity contribution in [1.29, 1.82) is 0 Å². The average Bonchev–Trinajstić information content (AvgIpc) is 2.28. The van der Waals surface area contributed by atoms with Crippen molar-refractivity contribution in [2.75, 3.05) is 11.5 Å². The number of nitrogens with two attached hydrogens (primary N) is 1. The Morgan fingerprint density at radius 1 is 1.56 bits per heavy atom. The molecular formula is C12H17ClN2O2S. The van der Waals surface area contributed by atoms with Gasteiger partial charge in [-0.1, -0.05) is 18.5 Å². The van der Waals surface area contributed by atoms with Crippen LogP contribution in [0.4, 0.5) is 5.69 Å². The topological polar surface area (TPSA) is 72.2 Å². The summed E-state index contributed by atoms with van der Waals surface area (Å²) in [4.78, 5) is 12.0. The number of amides is 1. The summed E-state index contributed by atoms with van der Waals surface area (Å²) < 4.78 is 12.0. The van der Waals surface area contributed by atoms with Gasteiger partial charge in [-0.2, -0.15) is 0 Å². The Morgan fingerprint density at radius 2 is 2.22 bits per heavy atom. The third-order valence-electron chi connectivity index (χ3n) is 2.50. The van der Waals surface area contributed by atoms with Gasteiger partial charge in [-0.15, -0.1) is 0 Å². The van der Waals surface area contributed by atoms with Gasteiger partial charge < -0.3 is 11.1 Å². The highest BCUT2D eigenvalue weighted by Crippen LogP contribution is 2.21. The lowest BCUT2D eigenvalue weighted by Crippen LogP contribution is -2.35. The van der Waals surface area contributed by atoms with E-state index < -0.39 is 10.8 Å². The van der Waals surface area contributed by atoms with Gasteiger partial charge >= 0.3 is 0 Å². The van der Waals surface area contributed by atoms with Crippen molar-refractivity contribution in [3.8, 4) is 0 Å². The molecular weight excluding hydrogens is 272 g/mol. The molecule has 100 valence electrons. The monoisotopic (exact) mass is 288 g/mol. The Kier molecular flexibility index (Phi) is 5.62. The molecule has 0 aliphatic heterocycles. The van der Waals surface area contributed by atoms with E-state index >= 15 is 0 Å². The zero-order chi connectivity index (χ0) is 13.7. The van der Waals surface area contributed by atoms with Crippen LogP contribution in [0.15, 0.2) is 23.1 Å². The van der Waals surface area contributed by atoms with E-state index in [9.17, 15) is 9.00 Å². The van der Waals surface area contributed by atoms with Crippen molar-refractivity contribution in [2.24, 2.45) is 0 Å². The number of anilines is 1. The lowest BCUT2D eigenvalue weighted by molar-refractivity contribution is -0.119. The number of hydrogen-bond acceptors (Lipinski definition) is 3. The molecule has 0 aliphatic carbocycles. The smallest absolute Gasteiger partial charge is 0.233 e. The van der Waals surface area contributed by atoms with E-state index in [1.165, 1.54) is 6.07 Å². The second-order valence-electron chi connectivity index (χ2n) is 4.05. The van der Waals surface area contributed by atoms with E-state index in [0.29, 0.717) is 15.6 Å². The standard InChI is InChI=1S/C12H17ClN2O2S/c1-3-8(2)15-12(16)7-18(17)11-5-4-9(13)6-10(11)14/h4-6,8H,3,7,14H2,1-2H3,(H,15,16). The van der Waals surface area contributed by atoms with E-state index in [1.54, 1.807) is 12.1 Å². The Hall–Kier alpha value is -1.07. The molecule has 4 nitrogen and oxygen atoms in total. The highest BCUT2D eigenvalue weighted by Gasteiger charge is 2.14. The lowest BCUT2D eigenvalue weighted by atomic mass is 10.3. The fourth-order valence-corrected chi connectivity index (χ4v) is 2.54. The van der Waals surface area contributed by atoms with E-state index in [1.807, 2.05) is 13.8 Å². The maximum atomic E-state index is 12.0. The van der Waals surface area contributed by atoms with Crippen molar-refractivity contribution in [2.45, 2.75) is 31.2 Å². The summed E-state index contributed by atoms with van der Waals surface area (Å²) in [7, 11) is -1.45. The maximum absolute atomic E-state index is 12.0. The molecule has 0 saturated heterocycles. The molecule has 0 saturated carbocycles. The van der Waals surface area contributed by atoms with Crippen molar-refractivity contribution in [3.05, 3.63) is 23.2 Å². The Labute approximate surface area is 114 Å². The maximum Gasteiger partial charge on any atom is 0.233 e. The van der Waals surface area contributed by atoms with Crippen LogP contribution in [0.2, 0.25) is 5.02 Å². The van der Waals surface area contributed by atoms with Crippen LogP contribution in [0.25, 0.3) is 0 Å². The van der Waals surface area contributed by atoms with Crippen LogP contribution < -0.4 is 11.1 Å². The van der Waals surface area contributed by atoms with Crippen LogP contribution >= 0.6 is 11.6 Å². The Balaban J connectivity index is 2.68. The minimum Gasteiger partial charge on any atom is -0.398 e. The third-order valence-corrected chi connectivity index (χ3v) is 4.12. The van der Waals surface area contributed by atoms with E-state index in [0.717, 1.165) is 6.42 Å². The summed E-state index contributed by atoms with van der Waals surface area (Å²) in [6, 6.07) is 4.81. The molecule has 2 unspecified atom stereocenters. The Morgan fingerprint density at radius 3 is 2.78 bits per heavy atom. The number of nitrogen functional groups attached to an aromatic ring is 1. The van der Waals surface area contributed by atoms with Gasteiger partial charge in [-0.25, -0.2) is 0 Å². The van der Waals surface area contributed by atoms with Crippen LogP contribution in [-0.2, 0) is 15.6 Å². The number of carbonyl (C=O) groups excluding carboxylic acids is 1.